The Balaban J connectivity index is 2.44. The Morgan fingerprint density at radius 3 is 2.67 bits per heavy atom. The van der Waals surface area contributed by atoms with Crippen molar-refractivity contribution < 1.29 is 9.90 Å². The maximum absolute atomic E-state index is 12.0. The first-order chi connectivity index (χ1) is 11.6. The van der Waals surface area contributed by atoms with Gasteiger partial charge in [0, 0.05) is 32.2 Å². The molecule has 0 spiro atoms. The predicted molar refractivity (Wildman–Crippen MR) is 98.5 cm³/mol. The van der Waals surface area contributed by atoms with E-state index >= 15 is 0 Å². The lowest BCUT2D eigenvalue weighted by Gasteiger charge is -2.21. The third-order valence-electron chi connectivity index (χ3n) is 3.39. The van der Waals surface area contributed by atoms with Gasteiger partial charge in [0.05, 0.1) is 6.54 Å². The summed E-state index contributed by atoms with van der Waals surface area (Å²) in [5.74, 6) is 0.806. The fourth-order valence-electron chi connectivity index (χ4n) is 2.09. The summed E-state index contributed by atoms with van der Waals surface area (Å²) in [6, 6.07) is 6.17. The minimum absolute atomic E-state index is 0.144. The van der Waals surface area contributed by atoms with E-state index in [2.05, 4.69) is 27.1 Å². The molecule has 1 amide bonds. The van der Waals surface area contributed by atoms with Gasteiger partial charge in [-0.1, -0.05) is 6.08 Å². The molecule has 0 radical (unpaired) electrons. The molecule has 0 aliphatic carbocycles. The quantitative estimate of drug-likeness (QED) is 0.280. The molecule has 0 aliphatic heterocycles. The summed E-state index contributed by atoms with van der Waals surface area (Å²) in [5.41, 5.74) is 0.519. The molecule has 1 aromatic carbocycles. The first-order valence-electron chi connectivity index (χ1n) is 8.26. The maximum atomic E-state index is 12.0. The van der Waals surface area contributed by atoms with Crippen molar-refractivity contribution in [3.63, 3.8) is 0 Å². The molecular weight excluding hydrogens is 304 g/mol. The van der Waals surface area contributed by atoms with Crippen molar-refractivity contribution in [3.05, 3.63) is 42.5 Å². The lowest BCUT2D eigenvalue weighted by atomic mass is 10.2. The molecule has 0 atom stereocenters. The minimum atomic E-state index is -0.172. The van der Waals surface area contributed by atoms with Crippen LogP contribution >= 0.6 is 0 Å². The summed E-state index contributed by atoms with van der Waals surface area (Å²) in [5, 5.41) is 15.3. The van der Waals surface area contributed by atoms with Gasteiger partial charge in [-0.05, 0) is 44.0 Å². The van der Waals surface area contributed by atoms with Gasteiger partial charge in [-0.2, -0.15) is 0 Å². The number of hydrogen-bond acceptors (Lipinski definition) is 3. The first kappa shape index (κ1) is 19.5. The van der Waals surface area contributed by atoms with E-state index in [1.807, 2.05) is 20.0 Å². The van der Waals surface area contributed by atoms with Crippen LogP contribution in [0.2, 0.25) is 0 Å². The zero-order chi connectivity index (χ0) is 17.8. The van der Waals surface area contributed by atoms with Crippen LogP contribution in [0.4, 0.5) is 0 Å². The number of amides is 1. The third-order valence-corrected chi connectivity index (χ3v) is 3.39. The summed E-state index contributed by atoms with van der Waals surface area (Å²) in [7, 11) is 2.00. The number of guanidine groups is 1. The van der Waals surface area contributed by atoms with Crippen LogP contribution in [0.3, 0.4) is 0 Å². The first-order valence-corrected chi connectivity index (χ1v) is 8.26. The molecule has 0 saturated carbocycles. The van der Waals surface area contributed by atoms with Gasteiger partial charge in [-0.25, -0.2) is 0 Å². The third kappa shape index (κ3) is 7.17. The average Bonchev–Trinajstić information content (AvgIpc) is 2.58. The van der Waals surface area contributed by atoms with Crippen molar-refractivity contribution in [3.8, 4) is 5.75 Å². The van der Waals surface area contributed by atoms with Gasteiger partial charge < -0.3 is 20.6 Å². The van der Waals surface area contributed by atoms with E-state index in [-0.39, 0.29) is 11.7 Å². The van der Waals surface area contributed by atoms with E-state index in [0.717, 1.165) is 31.9 Å². The molecule has 0 aromatic heterocycles. The van der Waals surface area contributed by atoms with Crippen LogP contribution in [-0.2, 0) is 0 Å². The van der Waals surface area contributed by atoms with Crippen LogP contribution in [0, 0.1) is 0 Å². The molecule has 6 heteroatoms. The Kier molecular flexibility index (Phi) is 9.04. The van der Waals surface area contributed by atoms with Crippen molar-refractivity contribution in [1.82, 2.24) is 15.5 Å². The summed E-state index contributed by atoms with van der Waals surface area (Å²) in [6.45, 7) is 8.40. The molecule has 1 rings (SSSR count). The van der Waals surface area contributed by atoms with Gasteiger partial charge in [-0.15, -0.1) is 6.58 Å². The summed E-state index contributed by atoms with van der Waals surface area (Å²) < 4.78 is 0. The highest BCUT2D eigenvalue weighted by atomic mass is 16.3. The SMILES string of the molecule is C=CCCCN(C)C(=NCCNC(=O)c1ccc(O)cc1)NCC. The van der Waals surface area contributed by atoms with E-state index < -0.39 is 0 Å². The molecule has 132 valence electrons. The number of rotatable bonds is 9. The van der Waals surface area contributed by atoms with E-state index in [1.165, 1.54) is 12.1 Å². The molecule has 0 aliphatic rings. The number of phenolic OH excluding ortho intramolecular Hbond substituents is 1. The van der Waals surface area contributed by atoms with Gasteiger partial charge in [0.1, 0.15) is 5.75 Å². The Morgan fingerprint density at radius 2 is 2.04 bits per heavy atom. The van der Waals surface area contributed by atoms with Crippen molar-refractivity contribution >= 4 is 11.9 Å². The molecule has 1 aromatic rings. The van der Waals surface area contributed by atoms with Crippen LogP contribution in [0.15, 0.2) is 41.9 Å². The number of nitrogens with zero attached hydrogens (tertiary/aromatic N) is 2. The summed E-state index contributed by atoms with van der Waals surface area (Å²) in [4.78, 5) is 18.6. The van der Waals surface area contributed by atoms with Crippen LogP contribution in [0.1, 0.15) is 30.1 Å². The number of aromatic hydroxyl groups is 1. The van der Waals surface area contributed by atoms with Crippen LogP contribution in [-0.4, -0.2) is 55.1 Å². The Bertz CT molecular complexity index is 540. The Hall–Kier alpha value is -2.50. The molecule has 0 saturated heterocycles. The number of benzene rings is 1. The van der Waals surface area contributed by atoms with Gasteiger partial charge in [-0.3, -0.25) is 9.79 Å². The van der Waals surface area contributed by atoms with Crippen LogP contribution < -0.4 is 10.6 Å². The van der Waals surface area contributed by atoms with Crippen molar-refractivity contribution in [2.24, 2.45) is 4.99 Å². The standard InChI is InChI=1S/C18H28N4O2/c1-4-6-7-14-22(3)18(19-5-2)21-13-12-20-17(24)15-8-10-16(23)11-9-15/h4,8-11,23H,1,5-7,12-14H2,2-3H3,(H,19,21)(H,20,24). The van der Waals surface area contributed by atoms with E-state index in [9.17, 15) is 9.90 Å². The zero-order valence-electron chi connectivity index (χ0n) is 14.6. The van der Waals surface area contributed by atoms with Crippen molar-refractivity contribution in [2.45, 2.75) is 19.8 Å². The average molecular weight is 332 g/mol. The Morgan fingerprint density at radius 1 is 1.33 bits per heavy atom. The highest BCUT2D eigenvalue weighted by molar-refractivity contribution is 5.94. The normalized spacial score (nSPS) is 11.0. The van der Waals surface area contributed by atoms with E-state index in [0.29, 0.717) is 18.7 Å². The second-order valence-electron chi connectivity index (χ2n) is 5.39. The molecule has 0 heterocycles. The number of carbonyl (C=O) groups is 1. The topological polar surface area (TPSA) is 77.0 Å². The minimum Gasteiger partial charge on any atom is -0.508 e. The number of carbonyl (C=O) groups excluding carboxylic acids is 1. The number of phenols is 1. The molecule has 24 heavy (non-hydrogen) atoms. The number of allylic oxidation sites excluding steroid dienone is 1. The van der Waals surface area contributed by atoms with E-state index in [1.54, 1.807) is 12.1 Å². The van der Waals surface area contributed by atoms with Gasteiger partial charge in [0.25, 0.3) is 5.91 Å². The monoisotopic (exact) mass is 332 g/mol. The summed E-state index contributed by atoms with van der Waals surface area (Å²) >= 11 is 0. The fourth-order valence-corrected chi connectivity index (χ4v) is 2.09. The largest absolute Gasteiger partial charge is 0.508 e. The fraction of sp³-hybridized carbons (Fsp3) is 0.444. The lowest BCUT2D eigenvalue weighted by molar-refractivity contribution is 0.0955. The molecule has 0 unspecified atom stereocenters. The number of unbranched alkanes of at least 4 members (excludes halogenated alkanes) is 1. The second-order valence-corrected chi connectivity index (χ2v) is 5.39. The van der Waals surface area contributed by atoms with E-state index in [4.69, 9.17) is 0 Å². The molecule has 0 fully saturated rings. The molecule has 0 bridgehead atoms. The second kappa shape index (κ2) is 11.1. The number of nitrogens with one attached hydrogen (secondary N) is 2. The molecular formula is C18H28N4O2. The Labute approximate surface area is 144 Å². The maximum Gasteiger partial charge on any atom is 0.251 e. The van der Waals surface area contributed by atoms with Crippen LogP contribution in [0.25, 0.3) is 0 Å². The van der Waals surface area contributed by atoms with Crippen molar-refractivity contribution in [1.29, 1.82) is 0 Å². The lowest BCUT2D eigenvalue weighted by Crippen LogP contribution is -2.40. The van der Waals surface area contributed by atoms with Crippen LogP contribution in [0.5, 0.6) is 5.75 Å². The predicted octanol–water partition coefficient (Wildman–Crippen LogP) is 1.99. The zero-order valence-corrected chi connectivity index (χ0v) is 14.6. The highest BCUT2D eigenvalue weighted by Crippen LogP contribution is 2.09. The smallest absolute Gasteiger partial charge is 0.251 e. The number of hydrogen-bond donors (Lipinski definition) is 3. The van der Waals surface area contributed by atoms with Gasteiger partial charge >= 0.3 is 0 Å². The highest BCUT2D eigenvalue weighted by Gasteiger charge is 2.06. The molecule has 3 N–H and O–H groups in total. The van der Waals surface area contributed by atoms with Gasteiger partial charge in [0.15, 0.2) is 5.96 Å². The number of aliphatic imine (C=N–C) groups is 1. The van der Waals surface area contributed by atoms with Gasteiger partial charge in [0.2, 0.25) is 0 Å². The van der Waals surface area contributed by atoms with Crippen molar-refractivity contribution in [2.75, 3.05) is 33.2 Å². The molecule has 6 nitrogen and oxygen atoms in total. The summed E-state index contributed by atoms with van der Waals surface area (Å²) in [6.07, 6.45) is 3.92.